The second-order valence-corrected chi connectivity index (χ2v) is 6.84. The molecule has 1 heterocycles. The standard InChI is InChI=1S/C20H17F2N3O2S/c21-14-7-5-13(6-8-14)9-10-23-18(26)11-15-12-28-20(24-15)25-19(27)16-3-1-2-4-17(16)22/h1-8,12H,9-11H2,(H,23,26)(H,24,25,27). The Kier molecular flexibility index (Phi) is 6.44. The minimum atomic E-state index is -0.614. The molecule has 0 fully saturated rings. The molecule has 28 heavy (non-hydrogen) atoms. The summed E-state index contributed by atoms with van der Waals surface area (Å²) in [6, 6.07) is 11.8. The normalized spacial score (nSPS) is 10.5. The molecule has 2 N–H and O–H groups in total. The Morgan fingerprint density at radius 1 is 1.04 bits per heavy atom. The van der Waals surface area contributed by atoms with Crippen LogP contribution in [-0.2, 0) is 17.6 Å². The van der Waals surface area contributed by atoms with Crippen LogP contribution in [0.3, 0.4) is 0 Å². The van der Waals surface area contributed by atoms with Crippen molar-refractivity contribution in [3.8, 4) is 0 Å². The van der Waals surface area contributed by atoms with Gasteiger partial charge < -0.3 is 5.32 Å². The number of hydrogen-bond donors (Lipinski definition) is 2. The van der Waals surface area contributed by atoms with Crippen molar-refractivity contribution in [2.45, 2.75) is 12.8 Å². The molecule has 8 heteroatoms. The number of rotatable bonds is 7. The van der Waals surface area contributed by atoms with Crippen LogP contribution in [0.1, 0.15) is 21.6 Å². The molecule has 3 rings (SSSR count). The smallest absolute Gasteiger partial charge is 0.260 e. The number of anilines is 1. The quantitative estimate of drug-likeness (QED) is 0.636. The van der Waals surface area contributed by atoms with Gasteiger partial charge in [0.25, 0.3) is 5.91 Å². The van der Waals surface area contributed by atoms with Gasteiger partial charge in [0.15, 0.2) is 5.13 Å². The molecule has 3 aromatic rings. The first-order valence-electron chi connectivity index (χ1n) is 8.52. The van der Waals surface area contributed by atoms with Gasteiger partial charge in [-0.25, -0.2) is 13.8 Å². The van der Waals surface area contributed by atoms with Crippen molar-refractivity contribution in [3.05, 3.63) is 82.4 Å². The Bertz CT molecular complexity index is 974. The molecule has 0 unspecified atom stereocenters. The highest BCUT2D eigenvalue weighted by atomic mass is 32.1. The van der Waals surface area contributed by atoms with Crippen molar-refractivity contribution in [1.82, 2.24) is 10.3 Å². The van der Waals surface area contributed by atoms with Crippen LogP contribution in [-0.4, -0.2) is 23.3 Å². The number of amides is 2. The maximum Gasteiger partial charge on any atom is 0.260 e. The molecular formula is C20H17F2N3O2S. The molecule has 0 bridgehead atoms. The van der Waals surface area contributed by atoms with Crippen LogP contribution < -0.4 is 10.6 Å². The average molecular weight is 401 g/mol. The van der Waals surface area contributed by atoms with Crippen LogP contribution in [0.5, 0.6) is 0 Å². The lowest BCUT2D eigenvalue weighted by Crippen LogP contribution is -2.27. The third kappa shape index (κ3) is 5.43. The maximum absolute atomic E-state index is 13.6. The van der Waals surface area contributed by atoms with Crippen LogP contribution in [0.4, 0.5) is 13.9 Å². The van der Waals surface area contributed by atoms with Crippen LogP contribution in [0.2, 0.25) is 0 Å². The lowest BCUT2D eigenvalue weighted by atomic mass is 10.1. The van der Waals surface area contributed by atoms with E-state index in [0.29, 0.717) is 23.8 Å². The van der Waals surface area contributed by atoms with E-state index in [1.807, 2.05) is 0 Å². The summed E-state index contributed by atoms with van der Waals surface area (Å²) in [5.41, 5.74) is 1.36. The second-order valence-electron chi connectivity index (χ2n) is 5.98. The van der Waals surface area contributed by atoms with Gasteiger partial charge >= 0.3 is 0 Å². The Balaban J connectivity index is 1.47. The summed E-state index contributed by atoms with van der Waals surface area (Å²) in [7, 11) is 0. The Hall–Kier alpha value is -3.13. The van der Waals surface area contributed by atoms with Crippen molar-refractivity contribution < 1.29 is 18.4 Å². The lowest BCUT2D eigenvalue weighted by Gasteiger charge is -2.04. The minimum absolute atomic E-state index is 0.0650. The van der Waals surface area contributed by atoms with E-state index in [9.17, 15) is 18.4 Å². The fraction of sp³-hybridized carbons (Fsp3) is 0.150. The zero-order valence-electron chi connectivity index (χ0n) is 14.7. The molecule has 1 aromatic heterocycles. The van der Waals surface area contributed by atoms with Gasteiger partial charge in [-0.3, -0.25) is 14.9 Å². The summed E-state index contributed by atoms with van der Waals surface area (Å²) in [4.78, 5) is 28.3. The first-order valence-corrected chi connectivity index (χ1v) is 9.40. The van der Waals surface area contributed by atoms with Gasteiger partial charge in [-0.05, 0) is 36.2 Å². The fourth-order valence-corrected chi connectivity index (χ4v) is 3.19. The zero-order chi connectivity index (χ0) is 19.9. The van der Waals surface area contributed by atoms with E-state index in [2.05, 4.69) is 15.6 Å². The fourth-order valence-electron chi connectivity index (χ4n) is 2.48. The molecule has 5 nitrogen and oxygen atoms in total. The van der Waals surface area contributed by atoms with E-state index < -0.39 is 11.7 Å². The largest absolute Gasteiger partial charge is 0.355 e. The molecule has 0 aliphatic rings. The average Bonchev–Trinajstić information content (AvgIpc) is 3.10. The Morgan fingerprint density at radius 2 is 1.79 bits per heavy atom. The SMILES string of the molecule is O=C(Cc1csc(NC(=O)c2ccccc2F)n1)NCCc1ccc(F)cc1. The van der Waals surface area contributed by atoms with Gasteiger partial charge in [-0.1, -0.05) is 24.3 Å². The topological polar surface area (TPSA) is 71.1 Å². The van der Waals surface area contributed by atoms with Crippen LogP contribution >= 0.6 is 11.3 Å². The number of carbonyl (C=O) groups excluding carboxylic acids is 2. The van der Waals surface area contributed by atoms with Gasteiger partial charge in [0.05, 0.1) is 17.7 Å². The second kappa shape index (κ2) is 9.18. The lowest BCUT2D eigenvalue weighted by molar-refractivity contribution is -0.120. The monoisotopic (exact) mass is 401 g/mol. The molecule has 0 saturated heterocycles. The highest BCUT2D eigenvalue weighted by Gasteiger charge is 2.14. The van der Waals surface area contributed by atoms with Gasteiger partial charge in [0.2, 0.25) is 5.91 Å². The van der Waals surface area contributed by atoms with Crippen LogP contribution in [0.25, 0.3) is 0 Å². The van der Waals surface area contributed by atoms with E-state index in [4.69, 9.17) is 0 Å². The summed E-state index contributed by atoms with van der Waals surface area (Å²) in [5.74, 6) is -1.71. The molecule has 0 radical (unpaired) electrons. The number of nitrogens with zero attached hydrogens (tertiary/aromatic N) is 1. The molecule has 0 aliphatic carbocycles. The van der Waals surface area contributed by atoms with Gasteiger partial charge in [0, 0.05) is 11.9 Å². The number of aromatic nitrogens is 1. The Labute approximate surface area is 164 Å². The van der Waals surface area contributed by atoms with Crippen molar-refractivity contribution in [2.75, 3.05) is 11.9 Å². The third-order valence-corrected chi connectivity index (χ3v) is 4.69. The predicted molar refractivity (Wildman–Crippen MR) is 103 cm³/mol. The molecule has 2 amide bonds. The molecule has 0 atom stereocenters. The molecule has 0 saturated carbocycles. The molecule has 0 aliphatic heterocycles. The summed E-state index contributed by atoms with van der Waals surface area (Å²) >= 11 is 1.16. The number of nitrogens with one attached hydrogen (secondary N) is 2. The highest BCUT2D eigenvalue weighted by Crippen LogP contribution is 2.17. The van der Waals surface area contributed by atoms with E-state index in [1.54, 1.807) is 23.6 Å². The first-order chi connectivity index (χ1) is 13.5. The summed E-state index contributed by atoms with van der Waals surface area (Å²) in [5, 5.41) is 7.26. The minimum Gasteiger partial charge on any atom is -0.355 e. The van der Waals surface area contributed by atoms with Crippen molar-refractivity contribution in [1.29, 1.82) is 0 Å². The first kappa shape index (κ1) is 19.6. The summed E-state index contributed by atoms with van der Waals surface area (Å²) < 4.78 is 26.5. The molecule has 144 valence electrons. The third-order valence-electron chi connectivity index (χ3n) is 3.88. The number of benzene rings is 2. The predicted octanol–water partition coefficient (Wildman–Crippen LogP) is 3.58. The van der Waals surface area contributed by atoms with E-state index >= 15 is 0 Å². The highest BCUT2D eigenvalue weighted by molar-refractivity contribution is 7.14. The number of thiazole rings is 1. The van der Waals surface area contributed by atoms with Crippen molar-refractivity contribution >= 4 is 28.3 Å². The zero-order valence-corrected chi connectivity index (χ0v) is 15.6. The maximum atomic E-state index is 13.6. The Morgan fingerprint density at radius 3 is 2.54 bits per heavy atom. The summed E-state index contributed by atoms with van der Waals surface area (Å²) in [6.45, 7) is 0.422. The van der Waals surface area contributed by atoms with Crippen LogP contribution in [0, 0.1) is 11.6 Å². The van der Waals surface area contributed by atoms with Gasteiger partial charge in [-0.2, -0.15) is 0 Å². The van der Waals surface area contributed by atoms with Crippen molar-refractivity contribution in [3.63, 3.8) is 0 Å². The van der Waals surface area contributed by atoms with E-state index in [-0.39, 0.29) is 23.7 Å². The van der Waals surface area contributed by atoms with E-state index in [1.165, 1.54) is 30.3 Å². The van der Waals surface area contributed by atoms with Crippen molar-refractivity contribution in [2.24, 2.45) is 0 Å². The number of carbonyl (C=O) groups is 2. The molecular weight excluding hydrogens is 384 g/mol. The summed E-state index contributed by atoms with van der Waals surface area (Å²) in [6.07, 6.45) is 0.655. The molecule has 2 aromatic carbocycles. The van der Waals surface area contributed by atoms with Crippen LogP contribution in [0.15, 0.2) is 53.9 Å². The number of hydrogen-bond acceptors (Lipinski definition) is 4. The van der Waals surface area contributed by atoms with Gasteiger partial charge in [0.1, 0.15) is 11.6 Å². The number of halogens is 2. The van der Waals surface area contributed by atoms with Gasteiger partial charge in [-0.15, -0.1) is 11.3 Å². The van der Waals surface area contributed by atoms with E-state index in [0.717, 1.165) is 16.9 Å². The molecule has 0 spiro atoms.